The summed E-state index contributed by atoms with van der Waals surface area (Å²) in [4.78, 5) is 2.40. The van der Waals surface area contributed by atoms with Crippen molar-refractivity contribution in [2.45, 2.75) is 0 Å². The van der Waals surface area contributed by atoms with E-state index in [4.69, 9.17) is 0 Å². The standard InChI is InChI=1S/C62H43N/c1-6-20-44(21-7-1)50-30-18-31-52(42-50)63(53-40-41-54(45-22-8-2-9-23-45)59(43-53)46-24-10-3-11-25-46)51-38-36-47(37-39-51)55-34-19-35-58-56-32-16-17-33-57(56)60(48-26-12-4-13-27-48)61(62(55)58)49-28-14-5-15-29-49/h1-43H. The van der Waals surface area contributed by atoms with Crippen molar-refractivity contribution in [1.29, 1.82) is 0 Å². The molecule has 0 fully saturated rings. The van der Waals surface area contributed by atoms with Crippen LogP contribution in [0.2, 0.25) is 0 Å². The van der Waals surface area contributed by atoms with Crippen LogP contribution in [0.4, 0.5) is 17.1 Å². The fourth-order valence-corrected chi connectivity index (χ4v) is 9.37. The molecule has 0 atom stereocenters. The summed E-state index contributed by atoms with van der Waals surface area (Å²) in [5.41, 5.74) is 17.7. The second-order valence-electron chi connectivity index (χ2n) is 16.0. The van der Waals surface area contributed by atoms with E-state index in [0.717, 1.165) is 17.1 Å². The first-order valence-electron chi connectivity index (χ1n) is 21.7. The van der Waals surface area contributed by atoms with Gasteiger partial charge in [-0.2, -0.15) is 0 Å². The summed E-state index contributed by atoms with van der Waals surface area (Å²) >= 11 is 0. The van der Waals surface area contributed by atoms with Gasteiger partial charge in [-0.25, -0.2) is 0 Å². The number of anilines is 3. The number of fused-ring (bicyclic) bond motifs is 3. The van der Waals surface area contributed by atoms with Crippen molar-refractivity contribution < 1.29 is 0 Å². The Morgan fingerprint density at radius 1 is 0.206 bits per heavy atom. The normalized spacial score (nSPS) is 11.2. The van der Waals surface area contributed by atoms with Gasteiger partial charge in [0.05, 0.1) is 0 Å². The lowest BCUT2D eigenvalue weighted by atomic mass is 9.82. The largest absolute Gasteiger partial charge is 0.310 e. The monoisotopic (exact) mass is 801 g/mol. The Hall–Kier alpha value is -8.26. The summed E-state index contributed by atoms with van der Waals surface area (Å²) in [6, 6.07) is 94.6. The molecule has 0 aliphatic carbocycles. The van der Waals surface area contributed by atoms with E-state index in [9.17, 15) is 0 Å². The SMILES string of the molecule is c1ccc(-c2cccc(N(c3ccc(-c4cccc5c4c(-c4ccccc4)c(-c4ccccc4)c4ccccc45)cc3)c3ccc(-c4ccccc4)c(-c4ccccc4)c3)c2)cc1. The third-order valence-electron chi connectivity index (χ3n) is 12.3. The van der Waals surface area contributed by atoms with Gasteiger partial charge in [-0.15, -0.1) is 0 Å². The zero-order chi connectivity index (χ0) is 42.0. The summed E-state index contributed by atoms with van der Waals surface area (Å²) < 4.78 is 0. The lowest BCUT2D eigenvalue weighted by molar-refractivity contribution is 1.28. The Morgan fingerprint density at radius 2 is 0.651 bits per heavy atom. The molecule has 296 valence electrons. The minimum absolute atomic E-state index is 1.08. The molecule has 0 unspecified atom stereocenters. The molecule has 0 saturated carbocycles. The van der Waals surface area contributed by atoms with Crippen LogP contribution in [0.3, 0.4) is 0 Å². The molecule has 0 heterocycles. The van der Waals surface area contributed by atoms with Crippen LogP contribution in [-0.2, 0) is 0 Å². The molecule has 11 aromatic rings. The number of benzene rings is 11. The molecule has 0 saturated heterocycles. The first-order chi connectivity index (χ1) is 31.3. The molecule has 63 heavy (non-hydrogen) atoms. The highest BCUT2D eigenvalue weighted by Crippen LogP contribution is 2.48. The van der Waals surface area contributed by atoms with Crippen molar-refractivity contribution in [2.24, 2.45) is 0 Å². The summed E-state index contributed by atoms with van der Waals surface area (Å²) in [5, 5.41) is 5.01. The molecular weight excluding hydrogens is 759 g/mol. The molecule has 0 spiro atoms. The van der Waals surface area contributed by atoms with Crippen LogP contribution in [0.1, 0.15) is 0 Å². The number of nitrogens with zero attached hydrogens (tertiary/aromatic N) is 1. The third kappa shape index (κ3) is 7.16. The number of hydrogen-bond acceptors (Lipinski definition) is 1. The molecular formula is C62H43N. The molecule has 0 aliphatic rings. The van der Waals surface area contributed by atoms with E-state index in [1.54, 1.807) is 0 Å². The Balaban J connectivity index is 1.12. The highest BCUT2D eigenvalue weighted by molar-refractivity contribution is 6.24. The maximum absolute atomic E-state index is 2.40. The van der Waals surface area contributed by atoms with Crippen molar-refractivity contribution in [3.8, 4) is 66.8 Å². The molecule has 0 radical (unpaired) electrons. The van der Waals surface area contributed by atoms with Crippen molar-refractivity contribution >= 4 is 38.6 Å². The average Bonchev–Trinajstić information content (AvgIpc) is 3.37. The summed E-state index contributed by atoms with van der Waals surface area (Å²) in [6.45, 7) is 0. The molecule has 1 heteroatoms. The van der Waals surface area contributed by atoms with E-state index in [1.165, 1.54) is 88.3 Å². The van der Waals surface area contributed by atoms with E-state index >= 15 is 0 Å². The van der Waals surface area contributed by atoms with Crippen LogP contribution >= 0.6 is 0 Å². The highest BCUT2D eigenvalue weighted by Gasteiger charge is 2.22. The molecule has 11 rings (SSSR count). The van der Waals surface area contributed by atoms with Gasteiger partial charge in [0, 0.05) is 17.1 Å². The quantitative estimate of drug-likeness (QED) is 0.131. The molecule has 11 aromatic carbocycles. The van der Waals surface area contributed by atoms with Crippen molar-refractivity contribution in [2.75, 3.05) is 4.90 Å². The average molecular weight is 802 g/mol. The topological polar surface area (TPSA) is 3.24 Å². The highest BCUT2D eigenvalue weighted by atomic mass is 15.1. The zero-order valence-corrected chi connectivity index (χ0v) is 34.8. The molecule has 0 aromatic heterocycles. The van der Waals surface area contributed by atoms with Gasteiger partial charge in [0.1, 0.15) is 0 Å². The summed E-state index contributed by atoms with van der Waals surface area (Å²) in [6.07, 6.45) is 0. The fraction of sp³-hybridized carbons (Fsp3) is 0. The predicted octanol–water partition coefficient (Wildman–Crippen LogP) is 17.5. The second-order valence-corrected chi connectivity index (χ2v) is 16.0. The molecule has 0 bridgehead atoms. The van der Waals surface area contributed by atoms with E-state index < -0.39 is 0 Å². The van der Waals surface area contributed by atoms with E-state index in [-0.39, 0.29) is 0 Å². The van der Waals surface area contributed by atoms with Crippen LogP contribution in [-0.4, -0.2) is 0 Å². The lowest BCUT2D eigenvalue weighted by Gasteiger charge is -2.27. The molecule has 0 N–H and O–H groups in total. The number of hydrogen-bond donors (Lipinski definition) is 0. The van der Waals surface area contributed by atoms with Crippen LogP contribution in [0, 0.1) is 0 Å². The van der Waals surface area contributed by atoms with Gasteiger partial charge in [0.25, 0.3) is 0 Å². The van der Waals surface area contributed by atoms with Crippen molar-refractivity contribution in [3.05, 3.63) is 261 Å². The van der Waals surface area contributed by atoms with Crippen LogP contribution < -0.4 is 4.90 Å². The van der Waals surface area contributed by atoms with E-state index in [2.05, 4.69) is 266 Å². The van der Waals surface area contributed by atoms with E-state index in [0.29, 0.717) is 0 Å². The predicted molar refractivity (Wildman–Crippen MR) is 269 cm³/mol. The first-order valence-corrected chi connectivity index (χ1v) is 21.7. The minimum atomic E-state index is 1.08. The Bertz CT molecular complexity index is 3340. The maximum Gasteiger partial charge on any atom is 0.0468 e. The first kappa shape index (κ1) is 37.7. The summed E-state index contributed by atoms with van der Waals surface area (Å²) in [7, 11) is 0. The third-order valence-corrected chi connectivity index (χ3v) is 12.3. The molecule has 0 amide bonds. The van der Waals surface area contributed by atoms with Crippen LogP contribution in [0.25, 0.3) is 88.3 Å². The summed E-state index contributed by atoms with van der Waals surface area (Å²) in [5.74, 6) is 0. The maximum atomic E-state index is 2.40. The van der Waals surface area contributed by atoms with Crippen LogP contribution in [0.15, 0.2) is 261 Å². The Labute approximate surface area is 369 Å². The molecule has 0 aliphatic heterocycles. The van der Waals surface area contributed by atoms with Crippen molar-refractivity contribution in [3.63, 3.8) is 0 Å². The van der Waals surface area contributed by atoms with Gasteiger partial charge in [0.2, 0.25) is 0 Å². The van der Waals surface area contributed by atoms with E-state index in [1.807, 2.05) is 0 Å². The van der Waals surface area contributed by atoms with Gasteiger partial charge in [-0.05, 0) is 125 Å². The zero-order valence-electron chi connectivity index (χ0n) is 34.8. The van der Waals surface area contributed by atoms with Crippen molar-refractivity contribution in [1.82, 2.24) is 0 Å². The van der Waals surface area contributed by atoms with Gasteiger partial charge >= 0.3 is 0 Å². The Kier molecular flexibility index (Phi) is 9.97. The van der Waals surface area contributed by atoms with Gasteiger partial charge < -0.3 is 4.90 Å². The smallest absolute Gasteiger partial charge is 0.0468 e. The van der Waals surface area contributed by atoms with Gasteiger partial charge in [-0.1, -0.05) is 224 Å². The molecule has 1 nitrogen and oxygen atoms in total. The lowest BCUT2D eigenvalue weighted by Crippen LogP contribution is -2.10. The second kappa shape index (κ2) is 16.7. The van der Waals surface area contributed by atoms with Crippen LogP contribution in [0.5, 0.6) is 0 Å². The minimum Gasteiger partial charge on any atom is -0.310 e. The number of rotatable bonds is 9. The fourth-order valence-electron chi connectivity index (χ4n) is 9.37. The Morgan fingerprint density at radius 3 is 1.29 bits per heavy atom. The van der Waals surface area contributed by atoms with Gasteiger partial charge in [0.15, 0.2) is 0 Å². The van der Waals surface area contributed by atoms with Gasteiger partial charge in [-0.3, -0.25) is 0 Å².